The van der Waals surface area contributed by atoms with Gasteiger partial charge in [-0.15, -0.1) is 0 Å². The van der Waals surface area contributed by atoms with E-state index in [4.69, 9.17) is 4.74 Å². The fraction of sp³-hybridized carbons (Fsp3) is 0.364. The van der Waals surface area contributed by atoms with E-state index in [0.29, 0.717) is 18.7 Å². The predicted octanol–water partition coefficient (Wildman–Crippen LogP) is 1.43. The fourth-order valence-corrected chi connectivity index (χ4v) is 1.73. The van der Waals surface area contributed by atoms with Crippen LogP contribution in [0.3, 0.4) is 0 Å². The number of aryl methyl sites for hydroxylation is 2. The van der Waals surface area contributed by atoms with E-state index in [2.05, 4.69) is 5.32 Å². The van der Waals surface area contributed by atoms with Gasteiger partial charge in [-0.1, -0.05) is 6.07 Å². The van der Waals surface area contributed by atoms with Gasteiger partial charge in [-0.2, -0.15) is 0 Å². The molecule has 0 spiro atoms. The molecule has 1 amide bonds. The molecule has 0 unspecified atom stereocenters. The van der Waals surface area contributed by atoms with Crippen molar-refractivity contribution in [2.45, 2.75) is 13.8 Å². The summed E-state index contributed by atoms with van der Waals surface area (Å²) in [6, 6.07) is 3.89. The smallest absolute Gasteiger partial charge is 0.255 e. The zero-order valence-corrected chi connectivity index (χ0v) is 8.39. The molecule has 3 heteroatoms. The Bertz CT molecular complexity index is 385. The normalized spacial score (nSPS) is 15.1. The van der Waals surface area contributed by atoms with Gasteiger partial charge in [0.15, 0.2) is 0 Å². The number of rotatable bonds is 0. The number of hydrogen-bond donors (Lipinski definition) is 1. The van der Waals surface area contributed by atoms with Crippen molar-refractivity contribution in [1.29, 1.82) is 0 Å². The third-order valence-corrected chi connectivity index (χ3v) is 2.30. The molecule has 0 saturated carbocycles. The van der Waals surface area contributed by atoms with Crippen molar-refractivity contribution in [2.24, 2.45) is 0 Å². The largest absolute Gasteiger partial charge is 0.491 e. The molecule has 0 fully saturated rings. The predicted molar refractivity (Wildman–Crippen MR) is 53.7 cm³/mol. The van der Waals surface area contributed by atoms with Gasteiger partial charge in [0.2, 0.25) is 0 Å². The van der Waals surface area contributed by atoms with Crippen molar-refractivity contribution < 1.29 is 9.53 Å². The molecular weight excluding hydrogens is 178 g/mol. The molecule has 1 N–H and O–H groups in total. The van der Waals surface area contributed by atoms with Crippen molar-refractivity contribution in [2.75, 3.05) is 13.2 Å². The Morgan fingerprint density at radius 2 is 2.14 bits per heavy atom. The zero-order valence-electron chi connectivity index (χ0n) is 8.39. The van der Waals surface area contributed by atoms with E-state index in [0.717, 1.165) is 16.9 Å². The maximum atomic E-state index is 11.6. The lowest BCUT2D eigenvalue weighted by atomic mass is 10.1. The first kappa shape index (κ1) is 9.06. The van der Waals surface area contributed by atoms with E-state index in [1.807, 2.05) is 26.0 Å². The van der Waals surface area contributed by atoms with E-state index in [1.54, 1.807) is 0 Å². The molecule has 0 saturated heterocycles. The molecule has 0 aliphatic carbocycles. The molecule has 0 atom stereocenters. The first-order chi connectivity index (χ1) is 6.68. The summed E-state index contributed by atoms with van der Waals surface area (Å²) < 4.78 is 5.52. The lowest BCUT2D eigenvalue weighted by Gasteiger charge is -2.09. The number of carbonyl (C=O) groups is 1. The number of benzene rings is 1. The molecule has 1 aliphatic heterocycles. The summed E-state index contributed by atoms with van der Waals surface area (Å²) in [7, 11) is 0. The Balaban J connectivity index is 2.58. The van der Waals surface area contributed by atoms with Crippen LogP contribution < -0.4 is 10.1 Å². The number of amides is 1. The number of fused-ring (bicyclic) bond motifs is 1. The van der Waals surface area contributed by atoms with Gasteiger partial charge in [-0.05, 0) is 31.0 Å². The van der Waals surface area contributed by atoms with Crippen LogP contribution in [0.15, 0.2) is 12.1 Å². The van der Waals surface area contributed by atoms with Gasteiger partial charge in [0.05, 0.1) is 12.1 Å². The van der Waals surface area contributed by atoms with E-state index < -0.39 is 0 Å². The molecule has 0 radical (unpaired) electrons. The summed E-state index contributed by atoms with van der Waals surface area (Å²) in [4.78, 5) is 11.6. The summed E-state index contributed by atoms with van der Waals surface area (Å²) in [6.45, 7) is 5.06. The van der Waals surface area contributed by atoms with Crippen LogP contribution >= 0.6 is 0 Å². The Morgan fingerprint density at radius 3 is 2.93 bits per heavy atom. The van der Waals surface area contributed by atoms with Gasteiger partial charge in [0.25, 0.3) is 5.91 Å². The molecule has 1 aromatic carbocycles. The quantitative estimate of drug-likeness (QED) is 0.673. The second-order valence-electron chi connectivity index (χ2n) is 3.56. The van der Waals surface area contributed by atoms with Gasteiger partial charge in [-0.3, -0.25) is 4.79 Å². The minimum Gasteiger partial charge on any atom is -0.491 e. The van der Waals surface area contributed by atoms with Crippen LogP contribution in [0, 0.1) is 13.8 Å². The third-order valence-electron chi connectivity index (χ3n) is 2.30. The highest BCUT2D eigenvalue weighted by atomic mass is 16.5. The second-order valence-corrected chi connectivity index (χ2v) is 3.56. The molecule has 74 valence electrons. The molecule has 2 rings (SSSR count). The third kappa shape index (κ3) is 1.45. The van der Waals surface area contributed by atoms with E-state index in [9.17, 15) is 4.79 Å². The topological polar surface area (TPSA) is 38.3 Å². The van der Waals surface area contributed by atoms with Gasteiger partial charge >= 0.3 is 0 Å². The summed E-state index contributed by atoms with van der Waals surface area (Å²) in [5.74, 6) is 0.690. The lowest BCUT2D eigenvalue weighted by Crippen LogP contribution is -2.24. The van der Waals surface area contributed by atoms with Crippen LogP contribution in [0.2, 0.25) is 0 Å². The van der Waals surface area contributed by atoms with Gasteiger partial charge < -0.3 is 10.1 Å². The molecular formula is C11H13NO2. The fourth-order valence-electron chi connectivity index (χ4n) is 1.73. The van der Waals surface area contributed by atoms with Gasteiger partial charge in [0.1, 0.15) is 12.4 Å². The van der Waals surface area contributed by atoms with Crippen LogP contribution in [0.25, 0.3) is 0 Å². The maximum absolute atomic E-state index is 11.6. The highest BCUT2D eigenvalue weighted by Crippen LogP contribution is 2.26. The highest BCUT2D eigenvalue weighted by Gasteiger charge is 2.18. The Labute approximate surface area is 83.1 Å². The van der Waals surface area contributed by atoms with Crippen molar-refractivity contribution in [3.63, 3.8) is 0 Å². The minimum absolute atomic E-state index is 0.0377. The van der Waals surface area contributed by atoms with E-state index in [1.165, 1.54) is 0 Å². The SMILES string of the molecule is Cc1cc(C)c2c(c1)C(=O)NCCO2. The van der Waals surface area contributed by atoms with Gasteiger partial charge in [-0.25, -0.2) is 0 Å². The second kappa shape index (κ2) is 3.33. The lowest BCUT2D eigenvalue weighted by molar-refractivity contribution is 0.0957. The highest BCUT2D eigenvalue weighted by molar-refractivity contribution is 5.97. The Hall–Kier alpha value is -1.51. The van der Waals surface area contributed by atoms with Crippen LogP contribution in [0.5, 0.6) is 5.75 Å². The van der Waals surface area contributed by atoms with E-state index >= 15 is 0 Å². The standard InChI is InChI=1S/C11H13NO2/c1-7-5-8(2)10-9(6-7)11(13)12-3-4-14-10/h5-6H,3-4H2,1-2H3,(H,12,13). The molecule has 3 nitrogen and oxygen atoms in total. The Kier molecular flexibility index (Phi) is 2.15. The summed E-state index contributed by atoms with van der Waals surface area (Å²) >= 11 is 0. The molecule has 0 bridgehead atoms. The average Bonchev–Trinajstić information content (AvgIpc) is 2.29. The molecule has 1 heterocycles. The maximum Gasteiger partial charge on any atom is 0.255 e. The van der Waals surface area contributed by atoms with Crippen LogP contribution in [-0.4, -0.2) is 19.1 Å². The number of carbonyl (C=O) groups excluding carboxylic acids is 1. The molecule has 0 aromatic heterocycles. The molecule has 14 heavy (non-hydrogen) atoms. The number of hydrogen-bond acceptors (Lipinski definition) is 2. The molecule has 1 aromatic rings. The first-order valence-corrected chi connectivity index (χ1v) is 4.71. The van der Waals surface area contributed by atoms with Gasteiger partial charge in [0, 0.05) is 0 Å². The van der Waals surface area contributed by atoms with Crippen molar-refractivity contribution in [1.82, 2.24) is 5.32 Å². The number of nitrogens with one attached hydrogen (secondary N) is 1. The van der Waals surface area contributed by atoms with Crippen LogP contribution in [-0.2, 0) is 0 Å². The summed E-state index contributed by atoms with van der Waals surface area (Å²) in [6.07, 6.45) is 0. The summed E-state index contributed by atoms with van der Waals surface area (Å²) in [5.41, 5.74) is 2.76. The van der Waals surface area contributed by atoms with E-state index in [-0.39, 0.29) is 5.91 Å². The van der Waals surface area contributed by atoms with Crippen LogP contribution in [0.4, 0.5) is 0 Å². The van der Waals surface area contributed by atoms with Crippen molar-refractivity contribution in [3.05, 3.63) is 28.8 Å². The van der Waals surface area contributed by atoms with Crippen molar-refractivity contribution in [3.8, 4) is 5.75 Å². The summed E-state index contributed by atoms with van der Waals surface area (Å²) in [5, 5.41) is 2.79. The Morgan fingerprint density at radius 1 is 1.36 bits per heavy atom. The van der Waals surface area contributed by atoms with Crippen LogP contribution in [0.1, 0.15) is 21.5 Å². The van der Waals surface area contributed by atoms with Crippen molar-refractivity contribution >= 4 is 5.91 Å². The average molecular weight is 191 g/mol. The monoisotopic (exact) mass is 191 g/mol. The molecule has 1 aliphatic rings. The zero-order chi connectivity index (χ0) is 10.1. The number of ether oxygens (including phenoxy) is 1. The minimum atomic E-state index is -0.0377. The first-order valence-electron chi connectivity index (χ1n) is 4.71.